The summed E-state index contributed by atoms with van der Waals surface area (Å²) in [6.45, 7) is 2.51. The van der Waals surface area contributed by atoms with Gasteiger partial charge in [-0.25, -0.2) is 4.99 Å². The molecule has 2 aromatic carbocycles. The first kappa shape index (κ1) is 19.5. The van der Waals surface area contributed by atoms with Gasteiger partial charge in [0.1, 0.15) is 0 Å². The van der Waals surface area contributed by atoms with Crippen LogP contribution in [-0.4, -0.2) is 28.8 Å². The number of hydrogen-bond donors (Lipinski definition) is 0. The number of likely N-dealkylation sites (N-methyl/N-ethyl adjacent to an activating group) is 1. The Labute approximate surface area is 175 Å². The van der Waals surface area contributed by atoms with Gasteiger partial charge in [0.2, 0.25) is 0 Å². The topological polar surface area (TPSA) is 32.7 Å². The van der Waals surface area contributed by atoms with Crippen molar-refractivity contribution in [1.29, 1.82) is 0 Å². The highest BCUT2D eigenvalue weighted by Gasteiger charge is 2.32. The Morgan fingerprint density at radius 3 is 2.62 bits per heavy atom. The summed E-state index contributed by atoms with van der Waals surface area (Å²) in [4.78, 5) is 20.9. The van der Waals surface area contributed by atoms with Crippen LogP contribution in [0.25, 0.3) is 6.08 Å². The van der Waals surface area contributed by atoms with E-state index in [-0.39, 0.29) is 5.91 Å². The number of amides is 1. The molecule has 1 aliphatic rings. The third-order valence-corrected chi connectivity index (χ3v) is 6.73. The van der Waals surface area contributed by atoms with Crippen molar-refractivity contribution in [2.75, 3.05) is 12.8 Å². The zero-order valence-electron chi connectivity index (χ0n) is 14.2. The largest absolute Gasteiger partial charge is 0.287 e. The molecule has 1 aliphatic heterocycles. The van der Waals surface area contributed by atoms with Crippen molar-refractivity contribution in [2.45, 2.75) is 11.8 Å². The van der Waals surface area contributed by atoms with Crippen LogP contribution < -0.4 is 0 Å². The third-order valence-electron chi connectivity index (χ3n) is 3.75. The Hall–Kier alpha value is -1.21. The molecular formula is C19H16BrClN2OS2. The van der Waals surface area contributed by atoms with Crippen molar-refractivity contribution < 1.29 is 4.79 Å². The molecule has 26 heavy (non-hydrogen) atoms. The number of hydrogen-bond acceptors (Lipinski definition) is 4. The van der Waals surface area contributed by atoms with Gasteiger partial charge in [-0.3, -0.25) is 9.69 Å². The van der Waals surface area contributed by atoms with Gasteiger partial charge < -0.3 is 0 Å². The van der Waals surface area contributed by atoms with Crippen LogP contribution in [0.1, 0.15) is 12.5 Å². The van der Waals surface area contributed by atoms with E-state index in [4.69, 9.17) is 11.6 Å². The van der Waals surface area contributed by atoms with Gasteiger partial charge in [-0.15, -0.1) is 11.8 Å². The van der Waals surface area contributed by atoms with E-state index in [1.54, 1.807) is 22.7 Å². The van der Waals surface area contributed by atoms with E-state index in [1.807, 2.05) is 43.5 Å². The van der Waals surface area contributed by atoms with Gasteiger partial charge >= 0.3 is 0 Å². The van der Waals surface area contributed by atoms with Crippen LogP contribution in [0.4, 0.5) is 5.69 Å². The molecule has 0 aliphatic carbocycles. The predicted octanol–water partition coefficient (Wildman–Crippen LogP) is 6.45. The predicted molar refractivity (Wildman–Crippen MR) is 117 cm³/mol. The molecule has 0 saturated carbocycles. The van der Waals surface area contributed by atoms with E-state index >= 15 is 0 Å². The first-order valence-electron chi connectivity index (χ1n) is 7.91. The van der Waals surface area contributed by atoms with Crippen LogP contribution in [0.5, 0.6) is 0 Å². The molecule has 3 nitrogen and oxygen atoms in total. The van der Waals surface area contributed by atoms with Crippen molar-refractivity contribution in [2.24, 2.45) is 4.99 Å². The smallest absolute Gasteiger partial charge is 0.266 e. The summed E-state index contributed by atoms with van der Waals surface area (Å²) >= 11 is 12.6. The number of benzene rings is 2. The van der Waals surface area contributed by atoms with Crippen LogP contribution >= 0.6 is 51.1 Å². The fourth-order valence-electron chi connectivity index (χ4n) is 2.39. The molecule has 0 unspecified atom stereocenters. The molecule has 0 spiro atoms. The highest BCUT2D eigenvalue weighted by atomic mass is 79.9. The number of rotatable bonds is 4. The average Bonchev–Trinajstić information content (AvgIpc) is 2.93. The quantitative estimate of drug-likeness (QED) is 0.383. The molecule has 0 N–H and O–H groups in total. The monoisotopic (exact) mass is 466 g/mol. The Kier molecular flexibility index (Phi) is 6.51. The summed E-state index contributed by atoms with van der Waals surface area (Å²) in [6.07, 6.45) is 3.96. The number of thioether (sulfide) groups is 2. The van der Waals surface area contributed by atoms with Crippen LogP contribution in [0.3, 0.4) is 0 Å². The minimum absolute atomic E-state index is 0.0200. The van der Waals surface area contributed by atoms with E-state index in [9.17, 15) is 4.79 Å². The molecule has 1 amide bonds. The van der Waals surface area contributed by atoms with E-state index in [2.05, 4.69) is 33.1 Å². The molecular weight excluding hydrogens is 452 g/mol. The van der Waals surface area contributed by atoms with Crippen molar-refractivity contribution in [1.82, 2.24) is 4.90 Å². The van der Waals surface area contributed by atoms with Crippen molar-refractivity contribution in [3.8, 4) is 0 Å². The Bertz CT molecular complexity index is 897. The minimum atomic E-state index is -0.0200. The molecule has 0 bridgehead atoms. The Morgan fingerprint density at radius 1 is 1.27 bits per heavy atom. The number of carbonyl (C=O) groups is 1. The van der Waals surface area contributed by atoms with Gasteiger partial charge in [-0.05, 0) is 82.8 Å². The van der Waals surface area contributed by atoms with Crippen molar-refractivity contribution in [3.63, 3.8) is 0 Å². The normalized spacial score (nSPS) is 17.5. The van der Waals surface area contributed by atoms with Crippen LogP contribution in [-0.2, 0) is 4.79 Å². The lowest BCUT2D eigenvalue weighted by Gasteiger charge is -2.12. The van der Waals surface area contributed by atoms with Crippen LogP contribution in [0.15, 0.2) is 61.7 Å². The number of halogens is 2. The van der Waals surface area contributed by atoms with Crippen LogP contribution in [0, 0.1) is 0 Å². The second-order valence-corrected chi connectivity index (χ2v) is 8.58. The molecule has 2 aromatic rings. The minimum Gasteiger partial charge on any atom is -0.287 e. The van der Waals surface area contributed by atoms with Gasteiger partial charge in [-0.1, -0.05) is 23.7 Å². The SMILES string of the molecule is CCN1C(=O)/C(=C/c2ccc(SC)cc2)SC1=Nc1ccc(Br)c(Cl)c1. The summed E-state index contributed by atoms with van der Waals surface area (Å²) < 4.78 is 0.819. The van der Waals surface area contributed by atoms with Crippen LogP contribution in [0.2, 0.25) is 5.02 Å². The van der Waals surface area contributed by atoms with E-state index in [0.717, 1.165) is 15.7 Å². The zero-order valence-corrected chi connectivity index (χ0v) is 18.2. The fourth-order valence-corrected chi connectivity index (χ4v) is 4.28. The van der Waals surface area contributed by atoms with E-state index in [1.165, 1.54) is 16.7 Å². The number of amidine groups is 1. The lowest BCUT2D eigenvalue weighted by atomic mass is 10.2. The fraction of sp³-hybridized carbons (Fsp3) is 0.158. The van der Waals surface area contributed by atoms with Gasteiger partial charge in [0.25, 0.3) is 5.91 Å². The summed E-state index contributed by atoms with van der Waals surface area (Å²) in [5.74, 6) is -0.0200. The van der Waals surface area contributed by atoms with Gasteiger partial charge in [0.15, 0.2) is 5.17 Å². The maximum absolute atomic E-state index is 12.7. The maximum atomic E-state index is 12.7. The summed E-state index contributed by atoms with van der Waals surface area (Å²) in [6, 6.07) is 13.6. The molecule has 1 saturated heterocycles. The van der Waals surface area contributed by atoms with Gasteiger partial charge in [0, 0.05) is 15.9 Å². The first-order valence-corrected chi connectivity index (χ1v) is 11.1. The van der Waals surface area contributed by atoms with Crippen molar-refractivity contribution in [3.05, 3.63) is 62.4 Å². The third kappa shape index (κ3) is 4.36. The van der Waals surface area contributed by atoms with E-state index in [0.29, 0.717) is 21.6 Å². The molecule has 0 radical (unpaired) electrons. The van der Waals surface area contributed by atoms with Gasteiger partial charge in [-0.2, -0.15) is 0 Å². The highest BCUT2D eigenvalue weighted by Crippen LogP contribution is 2.35. The Morgan fingerprint density at radius 2 is 2.00 bits per heavy atom. The van der Waals surface area contributed by atoms with Gasteiger partial charge in [0.05, 0.1) is 15.6 Å². The van der Waals surface area contributed by atoms with E-state index < -0.39 is 0 Å². The number of carbonyl (C=O) groups excluding carboxylic acids is 1. The summed E-state index contributed by atoms with van der Waals surface area (Å²) in [5.41, 5.74) is 1.72. The summed E-state index contributed by atoms with van der Waals surface area (Å²) in [5, 5.41) is 1.26. The first-order chi connectivity index (χ1) is 12.5. The lowest BCUT2D eigenvalue weighted by molar-refractivity contribution is -0.122. The highest BCUT2D eigenvalue weighted by molar-refractivity contribution is 9.10. The average molecular weight is 468 g/mol. The standard InChI is InChI=1S/C19H16BrClN2OS2/c1-3-23-18(24)17(10-12-4-7-14(25-2)8-5-12)26-19(23)22-13-6-9-15(20)16(21)11-13/h4-11H,3H2,1-2H3/b17-10-,22-19?. The maximum Gasteiger partial charge on any atom is 0.266 e. The number of aliphatic imine (C=N–C) groups is 1. The second kappa shape index (κ2) is 8.65. The van der Waals surface area contributed by atoms with Crippen molar-refractivity contribution >= 4 is 73.9 Å². The molecule has 0 aromatic heterocycles. The molecule has 7 heteroatoms. The molecule has 134 valence electrons. The molecule has 1 fully saturated rings. The molecule has 3 rings (SSSR count). The zero-order chi connectivity index (χ0) is 18.7. The molecule has 0 atom stereocenters. The Balaban J connectivity index is 1.90. The summed E-state index contributed by atoms with van der Waals surface area (Å²) in [7, 11) is 0. The number of nitrogens with zero attached hydrogens (tertiary/aromatic N) is 2. The second-order valence-electron chi connectivity index (χ2n) is 5.43. The lowest BCUT2D eigenvalue weighted by Crippen LogP contribution is -2.28. The molecule has 1 heterocycles.